The second-order valence-corrected chi connectivity index (χ2v) is 6.70. The second-order valence-electron chi connectivity index (χ2n) is 6.70. The molecule has 3 aliphatic heterocycles. The van der Waals surface area contributed by atoms with Crippen LogP contribution in [0.3, 0.4) is 0 Å². The van der Waals surface area contributed by atoms with E-state index in [0.717, 1.165) is 25.9 Å². The molecule has 1 N–H and O–H groups in total. The molecule has 3 fully saturated rings. The van der Waals surface area contributed by atoms with Crippen molar-refractivity contribution in [1.29, 1.82) is 0 Å². The van der Waals surface area contributed by atoms with Crippen LogP contribution in [-0.2, 0) is 14.3 Å². The van der Waals surface area contributed by atoms with Gasteiger partial charge in [0.05, 0.1) is 13.2 Å². The third-order valence-corrected chi connectivity index (χ3v) is 5.19. The Labute approximate surface area is 141 Å². The van der Waals surface area contributed by atoms with E-state index in [9.17, 15) is 19.5 Å². The molecular formula is C16H25N3O5. The van der Waals surface area contributed by atoms with Gasteiger partial charge in [-0.1, -0.05) is 0 Å². The van der Waals surface area contributed by atoms with Gasteiger partial charge in [-0.15, -0.1) is 0 Å². The predicted octanol–water partition coefficient (Wildman–Crippen LogP) is 0.226. The van der Waals surface area contributed by atoms with E-state index in [-0.39, 0.29) is 24.5 Å². The number of likely N-dealkylation sites (tertiary alicyclic amines) is 2. The van der Waals surface area contributed by atoms with Crippen LogP contribution in [0.1, 0.15) is 25.7 Å². The Morgan fingerprint density at radius 2 is 1.54 bits per heavy atom. The Hall–Kier alpha value is -1.83. The molecule has 24 heavy (non-hydrogen) atoms. The minimum absolute atomic E-state index is 0.0490. The average molecular weight is 339 g/mol. The van der Waals surface area contributed by atoms with Crippen LogP contribution < -0.4 is 0 Å². The van der Waals surface area contributed by atoms with Crippen molar-refractivity contribution >= 4 is 17.9 Å². The standard InChI is InChI=1S/C16H25N3O5/c20-14(19-9-10-24-11-13(19)15(21)22)12-3-7-18(8-4-12)16(23)17-5-1-2-6-17/h12-13H,1-11H2,(H,21,22). The summed E-state index contributed by atoms with van der Waals surface area (Å²) in [6.45, 7) is 3.52. The highest BCUT2D eigenvalue weighted by molar-refractivity contribution is 5.85. The quantitative estimate of drug-likeness (QED) is 0.777. The SMILES string of the molecule is O=C(O)C1COCCN1C(=O)C1CCN(C(=O)N2CCCC2)CC1. The lowest BCUT2D eigenvalue weighted by atomic mass is 9.94. The Morgan fingerprint density at radius 3 is 2.17 bits per heavy atom. The van der Waals surface area contributed by atoms with E-state index in [4.69, 9.17) is 4.74 Å². The number of hydrogen-bond acceptors (Lipinski definition) is 4. The normalized spacial score (nSPS) is 25.8. The number of carboxylic acid groups (broad SMARTS) is 1. The third kappa shape index (κ3) is 3.48. The zero-order chi connectivity index (χ0) is 17.1. The lowest BCUT2D eigenvalue weighted by Gasteiger charge is -2.38. The lowest BCUT2D eigenvalue weighted by Crippen LogP contribution is -2.55. The van der Waals surface area contributed by atoms with Gasteiger partial charge in [0, 0.05) is 38.6 Å². The van der Waals surface area contributed by atoms with Gasteiger partial charge >= 0.3 is 12.0 Å². The number of ether oxygens (including phenoxy) is 1. The monoisotopic (exact) mass is 339 g/mol. The van der Waals surface area contributed by atoms with Gasteiger partial charge in [-0.05, 0) is 25.7 Å². The first-order valence-electron chi connectivity index (χ1n) is 8.73. The van der Waals surface area contributed by atoms with Crippen LogP contribution in [0.4, 0.5) is 4.79 Å². The van der Waals surface area contributed by atoms with Gasteiger partial charge in [0.25, 0.3) is 0 Å². The van der Waals surface area contributed by atoms with E-state index in [1.54, 1.807) is 0 Å². The number of amides is 3. The molecule has 134 valence electrons. The molecule has 0 aromatic heterocycles. The number of urea groups is 1. The van der Waals surface area contributed by atoms with Crippen LogP contribution >= 0.6 is 0 Å². The average Bonchev–Trinajstić information content (AvgIpc) is 3.15. The summed E-state index contributed by atoms with van der Waals surface area (Å²) in [5.74, 6) is -1.34. The number of aliphatic carboxylic acids is 1. The molecule has 3 amide bonds. The smallest absolute Gasteiger partial charge is 0.328 e. The molecule has 0 spiro atoms. The van der Waals surface area contributed by atoms with Gasteiger partial charge < -0.3 is 24.5 Å². The number of morpholine rings is 1. The van der Waals surface area contributed by atoms with Crippen molar-refractivity contribution in [2.45, 2.75) is 31.7 Å². The number of nitrogens with zero attached hydrogens (tertiary/aromatic N) is 3. The fourth-order valence-corrected chi connectivity index (χ4v) is 3.73. The molecule has 0 saturated carbocycles. The molecule has 3 aliphatic rings. The van der Waals surface area contributed by atoms with Gasteiger partial charge in [0.2, 0.25) is 5.91 Å². The predicted molar refractivity (Wildman–Crippen MR) is 84.5 cm³/mol. The maximum absolute atomic E-state index is 12.7. The van der Waals surface area contributed by atoms with Gasteiger partial charge in [0.1, 0.15) is 0 Å². The molecule has 1 atom stereocenters. The van der Waals surface area contributed by atoms with Crippen LogP contribution in [0.25, 0.3) is 0 Å². The Kier molecular flexibility index (Phi) is 5.23. The van der Waals surface area contributed by atoms with Crippen molar-refractivity contribution in [1.82, 2.24) is 14.7 Å². The Balaban J connectivity index is 1.54. The summed E-state index contributed by atoms with van der Waals surface area (Å²) >= 11 is 0. The van der Waals surface area contributed by atoms with Gasteiger partial charge in [-0.2, -0.15) is 0 Å². The molecule has 0 radical (unpaired) electrons. The van der Waals surface area contributed by atoms with Crippen molar-refractivity contribution < 1.29 is 24.2 Å². The molecule has 3 heterocycles. The molecular weight excluding hydrogens is 314 g/mol. The van der Waals surface area contributed by atoms with Crippen LogP contribution in [0, 0.1) is 5.92 Å². The molecule has 0 bridgehead atoms. The highest BCUT2D eigenvalue weighted by Crippen LogP contribution is 2.23. The molecule has 8 heteroatoms. The number of carbonyl (C=O) groups excluding carboxylic acids is 2. The summed E-state index contributed by atoms with van der Waals surface area (Å²) < 4.78 is 5.18. The fourth-order valence-electron chi connectivity index (χ4n) is 3.73. The van der Waals surface area contributed by atoms with Crippen molar-refractivity contribution in [3.05, 3.63) is 0 Å². The number of hydrogen-bond donors (Lipinski definition) is 1. The summed E-state index contributed by atoms with van der Waals surface area (Å²) in [4.78, 5) is 41.5. The Morgan fingerprint density at radius 1 is 0.917 bits per heavy atom. The van der Waals surface area contributed by atoms with E-state index in [1.807, 2.05) is 9.80 Å². The van der Waals surface area contributed by atoms with Crippen LogP contribution in [0.5, 0.6) is 0 Å². The highest BCUT2D eigenvalue weighted by Gasteiger charge is 2.38. The van der Waals surface area contributed by atoms with E-state index in [2.05, 4.69) is 0 Å². The number of rotatable bonds is 2. The second kappa shape index (κ2) is 7.38. The third-order valence-electron chi connectivity index (χ3n) is 5.19. The molecule has 0 aromatic carbocycles. The van der Waals surface area contributed by atoms with E-state index < -0.39 is 12.0 Å². The first-order valence-corrected chi connectivity index (χ1v) is 8.73. The first-order chi connectivity index (χ1) is 11.6. The van der Waals surface area contributed by atoms with Gasteiger partial charge in [-0.25, -0.2) is 9.59 Å². The molecule has 8 nitrogen and oxygen atoms in total. The van der Waals surface area contributed by atoms with Crippen LogP contribution in [0.15, 0.2) is 0 Å². The maximum Gasteiger partial charge on any atom is 0.328 e. The molecule has 3 rings (SSSR count). The summed E-state index contributed by atoms with van der Waals surface area (Å²) in [5.41, 5.74) is 0. The fraction of sp³-hybridized carbons (Fsp3) is 0.812. The Bertz CT molecular complexity index is 498. The summed E-state index contributed by atoms with van der Waals surface area (Å²) in [5, 5.41) is 9.26. The number of carboxylic acids is 1. The van der Waals surface area contributed by atoms with E-state index in [1.165, 1.54) is 4.90 Å². The molecule has 0 aromatic rings. The van der Waals surface area contributed by atoms with Crippen LogP contribution in [-0.4, -0.2) is 89.7 Å². The highest BCUT2D eigenvalue weighted by atomic mass is 16.5. The summed E-state index contributed by atoms with van der Waals surface area (Å²) in [6, 6.07) is -0.816. The number of piperidine rings is 1. The van der Waals surface area contributed by atoms with E-state index >= 15 is 0 Å². The molecule has 0 aliphatic carbocycles. The van der Waals surface area contributed by atoms with E-state index in [0.29, 0.717) is 39.1 Å². The van der Waals surface area contributed by atoms with Crippen molar-refractivity contribution in [3.8, 4) is 0 Å². The first kappa shape index (κ1) is 17.0. The zero-order valence-corrected chi connectivity index (χ0v) is 13.9. The lowest BCUT2D eigenvalue weighted by molar-refractivity contribution is -0.160. The largest absolute Gasteiger partial charge is 0.480 e. The topological polar surface area (TPSA) is 90.4 Å². The zero-order valence-electron chi connectivity index (χ0n) is 13.9. The maximum atomic E-state index is 12.7. The molecule has 1 unspecified atom stereocenters. The number of carbonyl (C=O) groups is 3. The minimum atomic E-state index is -1.02. The van der Waals surface area contributed by atoms with Gasteiger partial charge in [-0.3, -0.25) is 4.79 Å². The van der Waals surface area contributed by atoms with Gasteiger partial charge in [0.15, 0.2) is 6.04 Å². The minimum Gasteiger partial charge on any atom is -0.480 e. The van der Waals surface area contributed by atoms with Crippen molar-refractivity contribution in [2.24, 2.45) is 5.92 Å². The van der Waals surface area contributed by atoms with Crippen molar-refractivity contribution in [2.75, 3.05) is 45.9 Å². The summed E-state index contributed by atoms with van der Waals surface area (Å²) in [6.07, 6.45) is 3.33. The summed E-state index contributed by atoms with van der Waals surface area (Å²) in [7, 11) is 0. The molecule has 3 saturated heterocycles. The van der Waals surface area contributed by atoms with Crippen molar-refractivity contribution in [3.63, 3.8) is 0 Å². The van der Waals surface area contributed by atoms with Crippen LogP contribution in [0.2, 0.25) is 0 Å².